The third-order valence-corrected chi connectivity index (χ3v) is 8.46. The van der Waals surface area contributed by atoms with E-state index in [1.807, 2.05) is 31.2 Å². The van der Waals surface area contributed by atoms with Gasteiger partial charge in [0.25, 0.3) is 0 Å². The van der Waals surface area contributed by atoms with E-state index in [0.29, 0.717) is 5.56 Å². The SMILES string of the molecule is COc1ccc([C@@H]2CN(Cc3ccccc3)C[C@@]2(C)[C@@H](C)OC(=O)c2ccccc2)cc1OC1CCCC1. The lowest BCUT2D eigenvalue weighted by molar-refractivity contribution is -0.00730. The fraction of sp³-hybridized carbons (Fsp3) is 0.424. The maximum Gasteiger partial charge on any atom is 0.338 e. The van der Waals surface area contributed by atoms with E-state index >= 15 is 0 Å². The van der Waals surface area contributed by atoms with Crippen LogP contribution in [0, 0.1) is 5.41 Å². The van der Waals surface area contributed by atoms with Crippen LogP contribution in [-0.2, 0) is 11.3 Å². The van der Waals surface area contributed by atoms with Gasteiger partial charge in [-0.3, -0.25) is 4.90 Å². The molecule has 5 heteroatoms. The predicted molar refractivity (Wildman–Crippen MR) is 150 cm³/mol. The molecule has 0 spiro atoms. The Morgan fingerprint density at radius 3 is 2.34 bits per heavy atom. The van der Waals surface area contributed by atoms with Gasteiger partial charge in [-0.15, -0.1) is 0 Å². The molecule has 200 valence electrons. The van der Waals surface area contributed by atoms with Crippen molar-refractivity contribution in [2.24, 2.45) is 5.41 Å². The third kappa shape index (κ3) is 5.73. The Labute approximate surface area is 226 Å². The summed E-state index contributed by atoms with van der Waals surface area (Å²) < 4.78 is 18.3. The van der Waals surface area contributed by atoms with Gasteiger partial charge in [0, 0.05) is 31.0 Å². The van der Waals surface area contributed by atoms with Gasteiger partial charge >= 0.3 is 5.97 Å². The summed E-state index contributed by atoms with van der Waals surface area (Å²) in [6.07, 6.45) is 4.56. The quantitative estimate of drug-likeness (QED) is 0.292. The van der Waals surface area contributed by atoms with Crippen molar-refractivity contribution in [3.63, 3.8) is 0 Å². The molecule has 0 bridgehead atoms. The Balaban J connectivity index is 1.44. The molecule has 0 N–H and O–H groups in total. The van der Waals surface area contributed by atoms with E-state index in [9.17, 15) is 4.79 Å². The van der Waals surface area contributed by atoms with Crippen LogP contribution in [-0.4, -0.2) is 43.3 Å². The molecule has 1 aliphatic carbocycles. The molecule has 3 atom stereocenters. The Morgan fingerprint density at radius 2 is 1.66 bits per heavy atom. The largest absolute Gasteiger partial charge is 0.493 e. The number of nitrogens with zero attached hydrogens (tertiary/aromatic N) is 1. The Morgan fingerprint density at radius 1 is 0.974 bits per heavy atom. The third-order valence-electron chi connectivity index (χ3n) is 8.46. The van der Waals surface area contributed by atoms with Gasteiger partial charge in [0.15, 0.2) is 11.5 Å². The number of hydrogen-bond donors (Lipinski definition) is 0. The summed E-state index contributed by atoms with van der Waals surface area (Å²) >= 11 is 0. The van der Waals surface area contributed by atoms with E-state index in [1.165, 1.54) is 24.0 Å². The first-order valence-electron chi connectivity index (χ1n) is 13.8. The van der Waals surface area contributed by atoms with E-state index in [-0.39, 0.29) is 29.5 Å². The number of carbonyl (C=O) groups excluding carboxylic acids is 1. The average Bonchev–Trinajstić information content (AvgIpc) is 3.57. The highest BCUT2D eigenvalue weighted by molar-refractivity contribution is 5.89. The van der Waals surface area contributed by atoms with Crippen LogP contribution in [0.1, 0.15) is 66.9 Å². The molecule has 0 amide bonds. The number of likely N-dealkylation sites (tertiary alicyclic amines) is 1. The van der Waals surface area contributed by atoms with Crippen molar-refractivity contribution in [2.75, 3.05) is 20.2 Å². The zero-order valence-electron chi connectivity index (χ0n) is 22.8. The second kappa shape index (κ2) is 11.6. The van der Waals surface area contributed by atoms with Gasteiger partial charge in [-0.25, -0.2) is 4.79 Å². The van der Waals surface area contributed by atoms with Crippen LogP contribution in [0.3, 0.4) is 0 Å². The number of ether oxygens (including phenoxy) is 3. The van der Waals surface area contributed by atoms with E-state index in [0.717, 1.165) is 44.0 Å². The minimum atomic E-state index is -0.293. The first-order valence-corrected chi connectivity index (χ1v) is 13.8. The maximum absolute atomic E-state index is 13.0. The number of rotatable bonds is 9. The molecule has 38 heavy (non-hydrogen) atoms. The van der Waals surface area contributed by atoms with E-state index < -0.39 is 0 Å². The van der Waals surface area contributed by atoms with Crippen molar-refractivity contribution in [3.05, 3.63) is 95.6 Å². The summed E-state index contributed by atoms with van der Waals surface area (Å²) in [6, 6.07) is 26.2. The molecule has 3 aromatic rings. The zero-order chi connectivity index (χ0) is 26.5. The minimum absolute atomic E-state index is 0.154. The van der Waals surface area contributed by atoms with Crippen molar-refractivity contribution in [3.8, 4) is 11.5 Å². The molecule has 1 saturated heterocycles. The van der Waals surface area contributed by atoms with Crippen LogP contribution in [0.2, 0.25) is 0 Å². The highest BCUT2D eigenvalue weighted by Gasteiger charge is 2.49. The molecule has 5 rings (SSSR count). The van der Waals surface area contributed by atoms with Crippen molar-refractivity contribution < 1.29 is 19.0 Å². The first kappa shape index (κ1) is 26.3. The molecule has 2 fully saturated rings. The molecule has 3 aromatic carbocycles. The second-order valence-corrected chi connectivity index (χ2v) is 11.1. The van der Waals surface area contributed by atoms with E-state index in [2.05, 4.69) is 54.3 Å². The summed E-state index contributed by atoms with van der Waals surface area (Å²) in [7, 11) is 1.70. The van der Waals surface area contributed by atoms with E-state index in [4.69, 9.17) is 14.2 Å². The molecule has 5 nitrogen and oxygen atoms in total. The van der Waals surface area contributed by atoms with E-state index in [1.54, 1.807) is 19.2 Å². The van der Waals surface area contributed by atoms with Crippen LogP contribution >= 0.6 is 0 Å². The normalized spacial score (nSPS) is 22.8. The Bertz CT molecular complexity index is 1210. The molecule has 2 aliphatic rings. The highest BCUT2D eigenvalue weighted by atomic mass is 16.5. The number of benzene rings is 3. The topological polar surface area (TPSA) is 48.0 Å². The average molecular weight is 514 g/mol. The first-order chi connectivity index (χ1) is 18.5. The molecule has 0 unspecified atom stereocenters. The Hall–Kier alpha value is -3.31. The molecule has 1 saturated carbocycles. The van der Waals surface area contributed by atoms with Gasteiger partial charge in [0.1, 0.15) is 6.10 Å². The van der Waals surface area contributed by atoms with Crippen LogP contribution < -0.4 is 9.47 Å². The minimum Gasteiger partial charge on any atom is -0.493 e. The van der Waals surface area contributed by atoms with Gasteiger partial charge in [0.05, 0.1) is 18.8 Å². The van der Waals surface area contributed by atoms with Crippen molar-refractivity contribution >= 4 is 5.97 Å². The lowest BCUT2D eigenvalue weighted by Crippen LogP contribution is -2.40. The molecular weight excluding hydrogens is 474 g/mol. The molecule has 1 heterocycles. The number of hydrogen-bond acceptors (Lipinski definition) is 5. The van der Waals surface area contributed by atoms with Crippen molar-refractivity contribution in [1.82, 2.24) is 4.90 Å². The van der Waals surface area contributed by atoms with Crippen LogP contribution in [0.15, 0.2) is 78.9 Å². The fourth-order valence-electron chi connectivity index (χ4n) is 6.11. The van der Waals surface area contributed by atoms with Gasteiger partial charge in [-0.1, -0.05) is 61.5 Å². The van der Waals surface area contributed by atoms with Crippen molar-refractivity contribution in [1.29, 1.82) is 0 Å². The zero-order valence-corrected chi connectivity index (χ0v) is 22.8. The second-order valence-electron chi connectivity index (χ2n) is 11.1. The van der Waals surface area contributed by atoms with Gasteiger partial charge in [-0.05, 0) is 68.0 Å². The molecule has 1 aliphatic heterocycles. The van der Waals surface area contributed by atoms with Gasteiger partial charge in [0.2, 0.25) is 0 Å². The molecule has 0 aromatic heterocycles. The summed E-state index contributed by atoms with van der Waals surface area (Å²) in [6.45, 7) is 6.84. The Kier molecular flexibility index (Phi) is 8.04. The van der Waals surface area contributed by atoms with Crippen LogP contribution in [0.5, 0.6) is 11.5 Å². The lowest BCUT2D eigenvalue weighted by Gasteiger charge is -2.36. The lowest BCUT2D eigenvalue weighted by atomic mass is 9.72. The standard InChI is InChI=1S/C33H39NO4/c1-24(37-32(35)26-14-8-5-9-15-26)33(2)23-34(21-25-12-6-4-7-13-25)22-29(33)27-18-19-30(36-3)31(20-27)38-28-16-10-11-17-28/h4-9,12-15,18-20,24,28-29H,10-11,16-17,21-23H2,1-3H3/t24-,29+,33+/m1/s1. The van der Waals surface area contributed by atoms with Gasteiger partial charge < -0.3 is 14.2 Å². The smallest absolute Gasteiger partial charge is 0.338 e. The van der Waals surface area contributed by atoms with Crippen LogP contribution in [0.25, 0.3) is 0 Å². The molecule has 0 radical (unpaired) electrons. The van der Waals surface area contributed by atoms with Crippen LogP contribution in [0.4, 0.5) is 0 Å². The monoisotopic (exact) mass is 513 g/mol. The number of carbonyl (C=O) groups is 1. The number of esters is 1. The predicted octanol–water partition coefficient (Wildman–Crippen LogP) is 6.87. The summed E-state index contributed by atoms with van der Waals surface area (Å²) in [5.41, 5.74) is 2.76. The summed E-state index contributed by atoms with van der Waals surface area (Å²) in [5.74, 6) is 1.46. The maximum atomic E-state index is 13.0. The number of methoxy groups -OCH3 is 1. The van der Waals surface area contributed by atoms with Gasteiger partial charge in [-0.2, -0.15) is 0 Å². The fourth-order valence-corrected chi connectivity index (χ4v) is 6.11. The summed E-state index contributed by atoms with van der Waals surface area (Å²) in [5, 5.41) is 0. The summed E-state index contributed by atoms with van der Waals surface area (Å²) in [4.78, 5) is 15.5. The molecular formula is C33H39NO4. The van der Waals surface area contributed by atoms with Crippen molar-refractivity contribution in [2.45, 2.75) is 64.2 Å². The highest BCUT2D eigenvalue weighted by Crippen LogP contribution is 2.48.